The number of carbonyl (C=O) groups is 1. The van der Waals surface area contributed by atoms with E-state index in [0.29, 0.717) is 23.1 Å². The first-order valence-corrected chi connectivity index (χ1v) is 11.3. The van der Waals surface area contributed by atoms with Crippen molar-refractivity contribution in [1.29, 1.82) is 0 Å². The van der Waals surface area contributed by atoms with Gasteiger partial charge in [0.05, 0.1) is 7.11 Å². The fraction of sp³-hybridized carbons (Fsp3) is 0.370. The van der Waals surface area contributed by atoms with Gasteiger partial charge in [0, 0.05) is 17.5 Å². The molecule has 0 spiro atoms. The molecule has 4 rings (SSSR count). The summed E-state index contributed by atoms with van der Waals surface area (Å²) in [7, 11) is 1.35. The topological polar surface area (TPSA) is 47.6 Å². The Balaban J connectivity index is 1.40. The lowest BCUT2D eigenvalue weighted by atomic mass is 9.81. The Labute approximate surface area is 188 Å². The average Bonchev–Trinajstić information content (AvgIpc) is 2.83. The molecule has 0 heterocycles. The van der Waals surface area contributed by atoms with Crippen molar-refractivity contribution in [1.82, 2.24) is 5.32 Å². The van der Waals surface area contributed by atoms with Gasteiger partial charge in [-0.2, -0.15) is 0 Å². The molecule has 5 heteroatoms. The van der Waals surface area contributed by atoms with E-state index in [2.05, 4.69) is 29.1 Å². The standard InChI is InChI=1S/C27H30FNO3/c1-18(23-14-15-26(28)25-9-4-3-8-24(23)25)29-21-7-5-6-20(16-21)19-10-12-22(13-11-19)32-17-27(30)31-2/h3-4,8-15,18,20-21,29H,5-7,16-17H2,1-2H3. The minimum absolute atomic E-state index is 0.0821. The molecule has 0 saturated heterocycles. The van der Waals surface area contributed by atoms with Crippen LogP contribution in [0.4, 0.5) is 4.39 Å². The molecule has 0 radical (unpaired) electrons. The zero-order valence-electron chi connectivity index (χ0n) is 18.6. The highest BCUT2D eigenvalue weighted by Gasteiger charge is 2.25. The SMILES string of the molecule is COC(=O)COc1ccc(C2CCCC(NC(C)c3ccc(F)c4ccccc34)C2)cc1. The Morgan fingerprint density at radius 3 is 2.56 bits per heavy atom. The lowest BCUT2D eigenvalue weighted by Gasteiger charge is -2.32. The van der Waals surface area contributed by atoms with Gasteiger partial charge in [-0.3, -0.25) is 0 Å². The number of hydrogen-bond acceptors (Lipinski definition) is 4. The molecule has 3 atom stereocenters. The third-order valence-corrected chi connectivity index (χ3v) is 6.47. The van der Waals surface area contributed by atoms with E-state index in [9.17, 15) is 9.18 Å². The largest absolute Gasteiger partial charge is 0.482 e. The van der Waals surface area contributed by atoms with Gasteiger partial charge in [-0.05, 0) is 66.8 Å². The van der Waals surface area contributed by atoms with Gasteiger partial charge in [-0.15, -0.1) is 0 Å². The number of rotatable bonds is 7. The first-order valence-electron chi connectivity index (χ1n) is 11.3. The fourth-order valence-electron chi connectivity index (χ4n) is 4.79. The zero-order chi connectivity index (χ0) is 22.5. The highest BCUT2D eigenvalue weighted by molar-refractivity contribution is 5.86. The summed E-state index contributed by atoms with van der Waals surface area (Å²) in [6.45, 7) is 2.08. The third-order valence-electron chi connectivity index (χ3n) is 6.47. The number of nitrogens with one attached hydrogen (secondary N) is 1. The smallest absolute Gasteiger partial charge is 0.343 e. The summed E-state index contributed by atoms with van der Waals surface area (Å²) in [6.07, 6.45) is 4.53. The van der Waals surface area contributed by atoms with Crippen molar-refractivity contribution in [2.45, 2.75) is 50.6 Å². The van der Waals surface area contributed by atoms with Crippen molar-refractivity contribution in [2.24, 2.45) is 0 Å². The molecule has 0 bridgehead atoms. The van der Waals surface area contributed by atoms with Crippen LogP contribution in [-0.2, 0) is 9.53 Å². The van der Waals surface area contributed by atoms with E-state index >= 15 is 0 Å². The van der Waals surface area contributed by atoms with Crippen LogP contribution in [0.1, 0.15) is 55.7 Å². The molecule has 32 heavy (non-hydrogen) atoms. The second-order valence-electron chi connectivity index (χ2n) is 8.56. The minimum Gasteiger partial charge on any atom is -0.482 e. The Morgan fingerprint density at radius 1 is 1.06 bits per heavy atom. The molecule has 0 aliphatic heterocycles. The van der Waals surface area contributed by atoms with Crippen molar-refractivity contribution in [3.05, 3.63) is 77.6 Å². The Hall–Kier alpha value is -2.92. The molecule has 3 aromatic rings. The molecule has 3 aromatic carbocycles. The maximum absolute atomic E-state index is 14.2. The number of ether oxygens (including phenoxy) is 2. The fourth-order valence-corrected chi connectivity index (χ4v) is 4.79. The van der Waals surface area contributed by atoms with Crippen LogP contribution in [-0.4, -0.2) is 25.7 Å². The summed E-state index contributed by atoms with van der Waals surface area (Å²) >= 11 is 0. The zero-order valence-corrected chi connectivity index (χ0v) is 18.6. The molecule has 1 fully saturated rings. The summed E-state index contributed by atoms with van der Waals surface area (Å²) in [6, 6.07) is 19.7. The summed E-state index contributed by atoms with van der Waals surface area (Å²) < 4.78 is 24.3. The first kappa shape index (κ1) is 22.3. The van der Waals surface area contributed by atoms with Crippen molar-refractivity contribution < 1.29 is 18.7 Å². The van der Waals surface area contributed by atoms with Crippen LogP contribution in [0.5, 0.6) is 5.75 Å². The predicted octanol–water partition coefficient (Wildman–Crippen LogP) is 5.91. The van der Waals surface area contributed by atoms with Gasteiger partial charge in [0.1, 0.15) is 11.6 Å². The monoisotopic (exact) mass is 435 g/mol. The molecule has 0 amide bonds. The van der Waals surface area contributed by atoms with Gasteiger partial charge in [-0.1, -0.05) is 48.9 Å². The molecular weight excluding hydrogens is 405 g/mol. The minimum atomic E-state index is -0.390. The summed E-state index contributed by atoms with van der Waals surface area (Å²) in [5, 5.41) is 5.45. The average molecular weight is 436 g/mol. The van der Waals surface area contributed by atoms with Gasteiger partial charge in [-0.25, -0.2) is 9.18 Å². The van der Waals surface area contributed by atoms with Gasteiger partial charge in [0.2, 0.25) is 0 Å². The Kier molecular flexibility index (Phi) is 7.05. The second kappa shape index (κ2) is 10.1. The van der Waals surface area contributed by atoms with Crippen LogP contribution in [0.2, 0.25) is 0 Å². The predicted molar refractivity (Wildman–Crippen MR) is 124 cm³/mol. The van der Waals surface area contributed by atoms with Crippen molar-refractivity contribution in [3.8, 4) is 5.75 Å². The Bertz CT molecular complexity index is 1070. The van der Waals surface area contributed by atoms with E-state index in [1.165, 1.54) is 19.1 Å². The normalized spacial score (nSPS) is 19.5. The Morgan fingerprint density at radius 2 is 1.81 bits per heavy atom. The van der Waals surface area contributed by atoms with Gasteiger partial charge in [0.15, 0.2) is 6.61 Å². The highest BCUT2D eigenvalue weighted by Crippen LogP contribution is 2.35. The van der Waals surface area contributed by atoms with E-state index in [1.54, 1.807) is 6.07 Å². The molecule has 1 saturated carbocycles. The lowest BCUT2D eigenvalue weighted by molar-refractivity contribution is -0.142. The van der Waals surface area contributed by atoms with Crippen LogP contribution in [0.25, 0.3) is 10.8 Å². The molecule has 3 unspecified atom stereocenters. The summed E-state index contributed by atoms with van der Waals surface area (Å²) in [4.78, 5) is 11.2. The van der Waals surface area contributed by atoms with Gasteiger partial charge >= 0.3 is 5.97 Å². The second-order valence-corrected chi connectivity index (χ2v) is 8.56. The van der Waals surface area contributed by atoms with Crippen LogP contribution in [0.3, 0.4) is 0 Å². The molecule has 1 aliphatic carbocycles. The van der Waals surface area contributed by atoms with E-state index in [0.717, 1.165) is 30.2 Å². The summed E-state index contributed by atoms with van der Waals surface area (Å²) in [5.74, 6) is 0.584. The van der Waals surface area contributed by atoms with E-state index in [-0.39, 0.29) is 18.5 Å². The highest BCUT2D eigenvalue weighted by atomic mass is 19.1. The molecule has 1 aliphatic rings. The van der Waals surface area contributed by atoms with Crippen molar-refractivity contribution >= 4 is 16.7 Å². The van der Waals surface area contributed by atoms with Crippen LogP contribution in [0.15, 0.2) is 60.7 Å². The molecule has 1 N–H and O–H groups in total. The maximum Gasteiger partial charge on any atom is 0.343 e. The van der Waals surface area contributed by atoms with Gasteiger partial charge < -0.3 is 14.8 Å². The number of methoxy groups -OCH3 is 1. The van der Waals surface area contributed by atoms with Crippen LogP contribution < -0.4 is 10.1 Å². The lowest BCUT2D eigenvalue weighted by Crippen LogP contribution is -2.35. The number of benzene rings is 3. The van der Waals surface area contributed by atoms with E-state index < -0.39 is 5.97 Å². The van der Waals surface area contributed by atoms with Crippen molar-refractivity contribution in [2.75, 3.05) is 13.7 Å². The summed E-state index contributed by atoms with van der Waals surface area (Å²) in [5.41, 5.74) is 2.43. The van der Waals surface area contributed by atoms with E-state index in [1.807, 2.05) is 42.5 Å². The van der Waals surface area contributed by atoms with Crippen LogP contribution in [0, 0.1) is 5.82 Å². The molecule has 0 aromatic heterocycles. The molecular formula is C27H30FNO3. The van der Waals surface area contributed by atoms with Gasteiger partial charge in [0.25, 0.3) is 0 Å². The van der Waals surface area contributed by atoms with Crippen LogP contribution >= 0.6 is 0 Å². The number of fused-ring (bicyclic) bond motifs is 1. The molecule has 168 valence electrons. The molecule has 4 nitrogen and oxygen atoms in total. The van der Waals surface area contributed by atoms with E-state index in [4.69, 9.17) is 4.74 Å². The quantitative estimate of drug-likeness (QED) is 0.469. The number of carbonyl (C=O) groups excluding carboxylic acids is 1. The van der Waals surface area contributed by atoms with Crippen molar-refractivity contribution in [3.63, 3.8) is 0 Å². The number of halogens is 1. The number of esters is 1. The number of hydrogen-bond donors (Lipinski definition) is 1. The first-order chi connectivity index (χ1) is 15.5. The third kappa shape index (κ3) is 5.10. The maximum atomic E-state index is 14.2.